The highest BCUT2D eigenvalue weighted by Gasteiger charge is 2.74. The summed E-state index contributed by atoms with van der Waals surface area (Å²) in [5.74, 6) is -3.32. The molecule has 44 heavy (non-hydrogen) atoms. The second-order valence-electron chi connectivity index (χ2n) is 11.6. The number of ether oxygens (including phenoxy) is 1. The Labute approximate surface area is 247 Å². The number of alkyl halides is 7. The molecule has 0 aromatic heterocycles. The van der Waals surface area contributed by atoms with Crippen LogP contribution in [0, 0.1) is 18.8 Å². The second-order valence-corrected chi connectivity index (χ2v) is 13.8. The van der Waals surface area contributed by atoms with Crippen molar-refractivity contribution in [3.05, 3.63) is 59.2 Å². The summed E-state index contributed by atoms with van der Waals surface area (Å²) in [6, 6.07) is 5.65. The lowest BCUT2D eigenvalue weighted by molar-refractivity contribution is -0.348. The summed E-state index contributed by atoms with van der Waals surface area (Å²) < 4.78 is 128. The minimum Gasteiger partial charge on any atom is -0.491 e. The van der Waals surface area contributed by atoms with Gasteiger partial charge >= 0.3 is 24.0 Å². The first-order valence-electron chi connectivity index (χ1n) is 13.8. The number of likely N-dealkylation sites (tertiary alicyclic amines) is 1. The number of amides is 1. The zero-order chi connectivity index (χ0) is 32.5. The van der Waals surface area contributed by atoms with Gasteiger partial charge in [-0.1, -0.05) is 29.8 Å². The van der Waals surface area contributed by atoms with Gasteiger partial charge in [0.25, 0.3) is 0 Å². The summed E-state index contributed by atoms with van der Waals surface area (Å²) in [5.41, 5.74) is -7.15. The minimum atomic E-state index is -6.39. The fraction of sp³-hybridized carbons (Fsp3) is 0.517. The number of carbonyl (C=O) groups excluding carboxylic acids is 1. The summed E-state index contributed by atoms with van der Waals surface area (Å²) >= 11 is 0. The van der Waals surface area contributed by atoms with Crippen LogP contribution in [0.3, 0.4) is 0 Å². The van der Waals surface area contributed by atoms with E-state index < -0.39 is 80.3 Å². The maximum Gasteiger partial charge on any atom is 0.435 e. The lowest BCUT2D eigenvalue weighted by atomic mass is 9.81. The van der Waals surface area contributed by atoms with Crippen LogP contribution in [0.15, 0.2) is 47.4 Å². The van der Waals surface area contributed by atoms with Crippen LogP contribution in [0.4, 0.5) is 30.7 Å². The quantitative estimate of drug-likeness (QED) is 0.408. The fourth-order valence-corrected chi connectivity index (χ4v) is 9.02. The minimum absolute atomic E-state index is 0.129. The molecule has 1 N–H and O–H groups in total. The first-order chi connectivity index (χ1) is 20.4. The van der Waals surface area contributed by atoms with Gasteiger partial charge in [-0.25, -0.2) is 12.8 Å². The van der Waals surface area contributed by atoms with Crippen molar-refractivity contribution in [1.82, 2.24) is 4.90 Å². The molecule has 1 amide bonds. The summed E-state index contributed by atoms with van der Waals surface area (Å²) in [7, 11) is -4.50. The predicted octanol–water partition coefficient (Wildman–Crippen LogP) is 5.84. The number of nitrogens with zero attached hydrogens (tertiary/aromatic N) is 1. The largest absolute Gasteiger partial charge is 0.491 e. The van der Waals surface area contributed by atoms with Crippen molar-refractivity contribution < 1.29 is 58.6 Å². The number of aliphatic carboxylic acids is 1. The van der Waals surface area contributed by atoms with E-state index in [9.17, 15) is 53.8 Å². The van der Waals surface area contributed by atoms with Crippen molar-refractivity contribution in [2.75, 3.05) is 13.2 Å². The van der Waals surface area contributed by atoms with E-state index in [1.165, 1.54) is 29.2 Å². The fourth-order valence-electron chi connectivity index (χ4n) is 6.73. The Morgan fingerprint density at radius 3 is 2.02 bits per heavy atom. The zero-order valence-corrected chi connectivity index (χ0v) is 24.0. The second kappa shape index (κ2) is 10.6. The van der Waals surface area contributed by atoms with Crippen molar-refractivity contribution in [3.63, 3.8) is 0 Å². The van der Waals surface area contributed by atoms with E-state index in [4.69, 9.17) is 4.74 Å². The molecule has 2 heterocycles. The van der Waals surface area contributed by atoms with Gasteiger partial charge in [-0.05, 0) is 57.2 Å². The van der Waals surface area contributed by atoms with Gasteiger partial charge < -0.3 is 14.7 Å². The van der Waals surface area contributed by atoms with E-state index in [0.29, 0.717) is 11.6 Å². The number of aryl methyl sites for hydroxylation is 1. The van der Waals surface area contributed by atoms with Crippen molar-refractivity contribution in [3.8, 4) is 5.75 Å². The molecule has 1 aliphatic carbocycles. The standard InChI is InChI=1S/C29H28F7NO6S/c1-16-2-9-20(10-3-16)44(41,42)26-12-13-37(24(38)17-4-6-18(7-5-17)25(39)40)23(26)15-43-22-14-19(8-11-21(22)26)27(30,28(31,32)33)29(34,35)36/h2-3,8-11,14,17-18,23H,4-7,12-13,15H2,1H3,(H,39,40)/t17-,18-,23?,26?. The number of sulfone groups is 1. The number of benzene rings is 2. The van der Waals surface area contributed by atoms with Crippen LogP contribution in [-0.4, -0.2) is 61.8 Å². The van der Waals surface area contributed by atoms with E-state index in [2.05, 4.69) is 0 Å². The van der Waals surface area contributed by atoms with E-state index in [-0.39, 0.29) is 61.2 Å². The van der Waals surface area contributed by atoms with Gasteiger partial charge in [0.1, 0.15) is 17.1 Å². The molecule has 1 saturated carbocycles. The lowest BCUT2D eigenvalue weighted by Crippen LogP contribution is -2.56. The Balaban J connectivity index is 1.62. The molecule has 3 aliphatic rings. The average Bonchev–Trinajstić information content (AvgIpc) is 3.37. The molecule has 0 radical (unpaired) electrons. The molecule has 5 rings (SSSR count). The maximum atomic E-state index is 14.9. The van der Waals surface area contributed by atoms with Gasteiger partial charge in [0, 0.05) is 23.6 Å². The molecule has 7 nitrogen and oxygen atoms in total. The number of carboxylic acids is 1. The molecule has 0 bridgehead atoms. The number of hydrogen-bond acceptors (Lipinski definition) is 5. The van der Waals surface area contributed by atoms with Crippen LogP contribution in [0.1, 0.15) is 48.8 Å². The molecule has 2 aromatic rings. The number of halogens is 7. The van der Waals surface area contributed by atoms with Gasteiger partial charge in [-0.2, -0.15) is 26.3 Å². The van der Waals surface area contributed by atoms with Crippen LogP contribution in [-0.2, 0) is 29.8 Å². The molecule has 2 aromatic carbocycles. The Morgan fingerprint density at radius 2 is 1.48 bits per heavy atom. The van der Waals surface area contributed by atoms with Gasteiger partial charge in [-0.15, -0.1) is 0 Å². The zero-order valence-electron chi connectivity index (χ0n) is 23.2. The van der Waals surface area contributed by atoms with Gasteiger partial charge in [0.2, 0.25) is 5.91 Å². The van der Waals surface area contributed by atoms with E-state index in [1.54, 1.807) is 6.92 Å². The molecular weight excluding hydrogens is 623 g/mol. The van der Waals surface area contributed by atoms with Crippen molar-refractivity contribution in [2.24, 2.45) is 11.8 Å². The average molecular weight is 652 g/mol. The number of carbonyl (C=O) groups is 2. The molecule has 2 unspecified atom stereocenters. The monoisotopic (exact) mass is 651 g/mol. The third kappa shape index (κ3) is 4.72. The van der Waals surface area contributed by atoms with Crippen molar-refractivity contribution >= 4 is 21.7 Å². The number of rotatable bonds is 5. The molecule has 1 saturated heterocycles. The molecule has 240 valence electrons. The van der Waals surface area contributed by atoms with Crippen molar-refractivity contribution in [2.45, 2.75) is 72.7 Å². The normalized spacial score (nSPS) is 26.0. The predicted molar refractivity (Wildman–Crippen MR) is 140 cm³/mol. The number of fused-ring (bicyclic) bond motifs is 3. The van der Waals surface area contributed by atoms with Crippen LogP contribution in [0.2, 0.25) is 0 Å². The molecule has 2 atom stereocenters. The van der Waals surface area contributed by atoms with Crippen LogP contribution in [0.25, 0.3) is 0 Å². The first kappa shape index (κ1) is 32.0. The molecule has 2 aliphatic heterocycles. The Bertz CT molecular complexity index is 1550. The summed E-state index contributed by atoms with van der Waals surface area (Å²) in [4.78, 5) is 26.2. The van der Waals surface area contributed by atoms with Crippen molar-refractivity contribution in [1.29, 1.82) is 0 Å². The van der Waals surface area contributed by atoms with E-state index in [0.717, 1.165) is 0 Å². The summed E-state index contributed by atoms with van der Waals surface area (Å²) in [6.07, 6.45) is -12.1. The SMILES string of the molecule is Cc1ccc(S(=O)(=O)C23CCN(C(=O)[C@H]4CC[C@H](C(=O)O)CC4)C2COc2cc(C(F)(C(F)(F)F)C(F)(F)F)ccc23)cc1. The molecular formula is C29H28F7NO6S. The molecule has 2 fully saturated rings. The van der Waals surface area contributed by atoms with Crippen LogP contribution >= 0.6 is 0 Å². The summed E-state index contributed by atoms with van der Waals surface area (Å²) in [6.45, 7) is 0.980. The molecule has 15 heteroatoms. The Morgan fingerprint density at radius 1 is 0.909 bits per heavy atom. The first-order valence-corrected chi connectivity index (χ1v) is 15.3. The highest BCUT2D eigenvalue weighted by atomic mass is 32.2. The van der Waals surface area contributed by atoms with Crippen LogP contribution < -0.4 is 4.74 Å². The third-order valence-corrected chi connectivity index (χ3v) is 11.7. The van der Waals surface area contributed by atoms with E-state index >= 15 is 0 Å². The smallest absolute Gasteiger partial charge is 0.435 e. The van der Waals surface area contributed by atoms with E-state index in [1.807, 2.05) is 0 Å². The Hall–Kier alpha value is -3.36. The van der Waals surface area contributed by atoms with Gasteiger partial charge in [-0.3, -0.25) is 9.59 Å². The van der Waals surface area contributed by atoms with Gasteiger partial charge in [0.05, 0.1) is 16.9 Å². The number of carboxylic acid groups (broad SMARTS) is 1. The third-order valence-electron chi connectivity index (χ3n) is 9.17. The van der Waals surface area contributed by atoms with Gasteiger partial charge in [0.15, 0.2) is 9.84 Å². The summed E-state index contributed by atoms with van der Waals surface area (Å²) in [5, 5.41) is 9.30. The highest BCUT2D eigenvalue weighted by molar-refractivity contribution is 7.92. The maximum absolute atomic E-state index is 14.9. The Kier molecular flexibility index (Phi) is 7.74. The van der Waals surface area contributed by atoms with Crippen LogP contribution in [0.5, 0.6) is 5.75 Å². The highest BCUT2D eigenvalue weighted by Crippen LogP contribution is 2.57. The lowest BCUT2D eigenvalue weighted by Gasteiger charge is -2.43. The number of hydrogen-bond donors (Lipinski definition) is 1. The molecule has 0 spiro atoms. The topological polar surface area (TPSA) is 101 Å².